The first-order valence-corrected chi connectivity index (χ1v) is 5.85. The standard InChI is InChI=1S/C4H8Cl2.C4H5F3.Cl2/c1-3(5)4(2)6;1-2-3-4(5,6)7;1-2/h3-4H,1-2H3;2-3H,1H3;. The fourth-order valence-corrected chi connectivity index (χ4v) is 0.189. The van der Waals surface area contributed by atoms with Gasteiger partial charge in [-0.1, -0.05) is 6.08 Å². The second-order valence-electron chi connectivity index (χ2n) is 2.40. The Morgan fingerprint density at radius 3 is 1.27 bits per heavy atom. The number of alkyl halides is 5. The maximum atomic E-state index is 11.0. The van der Waals surface area contributed by atoms with Crippen LogP contribution in [-0.4, -0.2) is 16.9 Å². The van der Waals surface area contributed by atoms with E-state index in [-0.39, 0.29) is 16.8 Å². The van der Waals surface area contributed by atoms with Gasteiger partial charge in [-0.2, -0.15) is 13.2 Å². The Balaban J connectivity index is -0.000000166. The van der Waals surface area contributed by atoms with E-state index in [4.69, 9.17) is 23.2 Å². The largest absolute Gasteiger partial charge is 0.409 e. The molecule has 2 atom stereocenters. The van der Waals surface area contributed by atoms with Gasteiger partial charge in [-0.25, -0.2) is 0 Å². The van der Waals surface area contributed by atoms with Gasteiger partial charge in [0.25, 0.3) is 0 Å². The summed E-state index contributed by atoms with van der Waals surface area (Å²) < 4.78 is 32.9. The Hall–Kier alpha value is 0.690. The third kappa shape index (κ3) is 31.3. The van der Waals surface area contributed by atoms with Gasteiger partial charge < -0.3 is 0 Å². The van der Waals surface area contributed by atoms with Crippen LogP contribution in [0.1, 0.15) is 20.8 Å². The van der Waals surface area contributed by atoms with E-state index in [9.17, 15) is 13.2 Å². The van der Waals surface area contributed by atoms with Crippen molar-refractivity contribution in [1.29, 1.82) is 0 Å². The number of rotatable bonds is 1. The van der Waals surface area contributed by atoms with Crippen LogP contribution in [0, 0.1) is 0 Å². The van der Waals surface area contributed by atoms with E-state index in [1.165, 1.54) is 6.92 Å². The minimum atomic E-state index is -4.13. The molecule has 0 aromatic rings. The topological polar surface area (TPSA) is 0 Å². The molecule has 0 aliphatic rings. The van der Waals surface area contributed by atoms with Crippen molar-refractivity contribution in [2.24, 2.45) is 0 Å². The van der Waals surface area contributed by atoms with Crippen LogP contribution < -0.4 is 0 Å². The zero-order chi connectivity index (χ0) is 13.1. The van der Waals surface area contributed by atoms with Crippen LogP contribution in [0.5, 0.6) is 0 Å². The molecule has 0 heterocycles. The number of allylic oxidation sites excluding steroid dienone is 2. The molecule has 0 rings (SSSR count). The number of hydrogen-bond donors (Lipinski definition) is 0. The summed E-state index contributed by atoms with van der Waals surface area (Å²) in [7, 11) is 8.22. The van der Waals surface area contributed by atoms with Crippen LogP contribution in [0.25, 0.3) is 0 Å². The lowest BCUT2D eigenvalue weighted by Gasteiger charge is -2.00. The quantitative estimate of drug-likeness (QED) is 0.428. The predicted molar refractivity (Wildman–Crippen MR) is 63.2 cm³/mol. The van der Waals surface area contributed by atoms with Crippen molar-refractivity contribution >= 4 is 44.9 Å². The molecule has 0 nitrogen and oxygen atoms in total. The number of hydrogen-bond acceptors (Lipinski definition) is 0. The minimum Gasteiger partial charge on any atom is -0.167 e. The molecule has 15 heavy (non-hydrogen) atoms. The highest BCUT2D eigenvalue weighted by Gasteiger charge is 2.20. The summed E-state index contributed by atoms with van der Waals surface area (Å²) in [5, 5.41) is 0.179. The molecule has 0 fully saturated rings. The first-order chi connectivity index (χ1) is 6.70. The van der Waals surface area contributed by atoms with E-state index >= 15 is 0 Å². The maximum absolute atomic E-state index is 11.0. The van der Waals surface area contributed by atoms with Crippen molar-refractivity contribution in [3.8, 4) is 0 Å². The fourth-order valence-electron chi connectivity index (χ4n) is 0.189. The van der Waals surface area contributed by atoms with Crippen LogP contribution >= 0.6 is 44.9 Å². The average molecular weight is 308 g/mol. The van der Waals surface area contributed by atoms with Gasteiger partial charge in [-0.15, -0.1) is 23.2 Å². The molecule has 0 aromatic heterocycles. The van der Waals surface area contributed by atoms with E-state index in [1.54, 1.807) is 0 Å². The van der Waals surface area contributed by atoms with Gasteiger partial charge in [0, 0.05) is 38.5 Å². The highest BCUT2D eigenvalue weighted by Crippen LogP contribution is 2.15. The third-order valence-corrected chi connectivity index (χ3v) is 1.87. The zero-order valence-corrected chi connectivity index (χ0v) is 11.5. The van der Waals surface area contributed by atoms with Gasteiger partial charge in [-0.05, 0) is 20.8 Å². The molecule has 0 radical (unpaired) electrons. The van der Waals surface area contributed by atoms with Crippen LogP contribution in [0.2, 0.25) is 0 Å². The number of halogens is 7. The van der Waals surface area contributed by atoms with E-state index in [1.807, 2.05) is 13.8 Å². The Kier molecular flexibility index (Phi) is 17.9. The Morgan fingerprint density at radius 2 is 1.27 bits per heavy atom. The molecule has 0 bridgehead atoms. The highest BCUT2D eigenvalue weighted by molar-refractivity contribution is 6.85. The molecular formula is C8H13Cl4F3. The minimum absolute atomic E-state index is 0.0895. The summed E-state index contributed by atoms with van der Waals surface area (Å²) >= 11 is 11.0. The first-order valence-electron chi connectivity index (χ1n) is 3.83. The molecule has 94 valence electrons. The van der Waals surface area contributed by atoms with E-state index < -0.39 is 6.18 Å². The van der Waals surface area contributed by atoms with Gasteiger partial charge in [0.15, 0.2) is 0 Å². The Labute approximate surface area is 108 Å². The van der Waals surface area contributed by atoms with Crippen LogP contribution in [0.15, 0.2) is 12.2 Å². The predicted octanol–water partition coefficient (Wildman–Crippen LogP) is 5.74. The van der Waals surface area contributed by atoms with Gasteiger partial charge in [0.1, 0.15) is 0 Å². The molecule has 0 aliphatic carbocycles. The SMILES string of the molecule is CC(Cl)C(C)Cl.CC=CC(F)(F)F.ClCl. The van der Waals surface area contributed by atoms with Crippen LogP contribution in [0.3, 0.4) is 0 Å². The lowest BCUT2D eigenvalue weighted by Crippen LogP contribution is -2.03. The molecule has 0 spiro atoms. The second kappa shape index (κ2) is 12.8. The van der Waals surface area contributed by atoms with Crippen molar-refractivity contribution in [3.05, 3.63) is 12.2 Å². The third-order valence-electron chi connectivity index (χ3n) is 0.989. The Morgan fingerprint density at radius 1 is 1.00 bits per heavy atom. The molecule has 0 saturated carbocycles. The fraction of sp³-hybridized carbons (Fsp3) is 0.750. The highest BCUT2D eigenvalue weighted by atomic mass is 36.5. The molecule has 0 aliphatic heterocycles. The monoisotopic (exact) mass is 306 g/mol. The molecule has 0 saturated heterocycles. The van der Waals surface area contributed by atoms with Crippen LogP contribution in [-0.2, 0) is 0 Å². The van der Waals surface area contributed by atoms with Crippen molar-refractivity contribution in [3.63, 3.8) is 0 Å². The van der Waals surface area contributed by atoms with Gasteiger partial charge in [0.2, 0.25) is 0 Å². The van der Waals surface area contributed by atoms with E-state index in [0.29, 0.717) is 0 Å². The normalized spacial score (nSPS) is 14.5. The average Bonchev–Trinajstić information content (AvgIpc) is 2.06. The molecule has 0 N–H and O–H groups in total. The molecule has 0 amide bonds. The van der Waals surface area contributed by atoms with Crippen molar-refractivity contribution in [1.82, 2.24) is 0 Å². The zero-order valence-electron chi connectivity index (χ0n) is 8.46. The Bertz CT molecular complexity index is 137. The van der Waals surface area contributed by atoms with Crippen LogP contribution in [0.4, 0.5) is 13.2 Å². The van der Waals surface area contributed by atoms with Crippen molar-refractivity contribution in [2.45, 2.75) is 37.7 Å². The summed E-state index contributed by atoms with van der Waals surface area (Å²) in [5.41, 5.74) is 0. The summed E-state index contributed by atoms with van der Waals surface area (Å²) in [6.07, 6.45) is -2.98. The van der Waals surface area contributed by atoms with Crippen molar-refractivity contribution < 1.29 is 13.2 Å². The second-order valence-corrected chi connectivity index (χ2v) is 3.77. The van der Waals surface area contributed by atoms with E-state index in [0.717, 1.165) is 6.08 Å². The van der Waals surface area contributed by atoms with Gasteiger partial charge >= 0.3 is 6.18 Å². The maximum Gasteiger partial charge on any atom is 0.409 e. The molecule has 2 unspecified atom stereocenters. The molecule has 0 aromatic carbocycles. The summed E-state index contributed by atoms with van der Waals surface area (Å²) in [6.45, 7) is 5.08. The van der Waals surface area contributed by atoms with Crippen molar-refractivity contribution in [2.75, 3.05) is 0 Å². The van der Waals surface area contributed by atoms with E-state index in [2.05, 4.69) is 21.7 Å². The lowest BCUT2D eigenvalue weighted by molar-refractivity contribution is -0.0799. The summed E-state index contributed by atoms with van der Waals surface area (Å²) in [6, 6.07) is 0. The summed E-state index contributed by atoms with van der Waals surface area (Å²) in [4.78, 5) is 0. The van der Waals surface area contributed by atoms with Gasteiger partial charge in [0.05, 0.1) is 0 Å². The van der Waals surface area contributed by atoms with Gasteiger partial charge in [-0.3, -0.25) is 0 Å². The summed E-state index contributed by atoms with van der Waals surface area (Å²) in [5.74, 6) is 0. The molecular weight excluding hydrogens is 295 g/mol. The molecule has 7 heteroatoms. The lowest BCUT2D eigenvalue weighted by atomic mass is 10.4. The first kappa shape index (κ1) is 21.0. The smallest absolute Gasteiger partial charge is 0.167 e.